The fraction of sp³-hybridized carbons (Fsp3) is 0.458. The molecule has 0 aliphatic heterocycles. The van der Waals surface area contributed by atoms with Crippen LogP contribution in [0.2, 0.25) is 0 Å². The minimum Gasteiger partial charge on any atom is -0.326 e. The molecule has 134 valence electrons. The molecule has 2 heteroatoms. The summed E-state index contributed by atoms with van der Waals surface area (Å²) in [5, 5.41) is 3.26. The molecule has 4 fully saturated rings. The largest absolute Gasteiger partial charge is 0.326 e. The Labute approximate surface area is 156 Å². The van der Waals surface area contributed by atoms with Gasteiger partial charge in [0.25, 0.3) is 0 Å². The van der Waals surface area contributed by atoms with Gasteiger partial charge in [0.2, 0.25) is 5.91 Å². The number of nitrogens with one attached hydrogen (secondary N) is 1. The number of rotatable bonds is 3. The molecule has 0 radical (unpaired) electrons. The third-order valence-electron chi connectivity index (χ3n) is 7.24. The molecular weight excluding hydrogens is 318 g/mol. The molecule has 2 unspecified atom stereocenters. The summed E-state index contributed by atoms with van der Waals surface area (Å²) in [6.45, 7) is 2.08. The summed E-state index contributed by atoms with van der Waals surface area (Å²) >= 11 is 0. The van der Waals surface area contributed by atoms with Crippen molar-refractivity contribution >= 4 is 11.6 Å². The second kappa shape index (κ2) is 5.70. The van der Waals surface area contributed by atoms with Gasteiger partial charge in [-0.15, -0.1) is 0 Å². The van der Waals surface area contributed by atoms with Crippen LogP contribution < -0.4 is 5.32 Å². The highest BCUT2D eigenvalue weighted by molar-refractivity contribution is 5.95. The summed E-state index contributed by atoms with van der Waals surface area (Å²) in [4.78, 5) is 13.4. The quantitative estimate of drug-likeness (QED) is 0.785. The van der Waals surface area contributed by atoms with Crippen molar-refractivity contribution in [3.05, 3.63) is 65.7 Å². The second-order valence-corrected chi connectivity index (χ2v) is 9.21. The molecule has 2 nitrogen and oxygen atoms in total. The number of aryl methyl sites for hydroxylation is 1. The van der Waals surface area contributed by atoms with Gasteiger partial charge in [0.15, 0.2) is 0 Å². The van der Waals surface area contributed by atoms with Crippen LogP contribution in [0.15, 0.2) is 54.6 Å². The summed E-state index contributed by atoms with van der Waals surface area (Å²) in [6.07, 6.45) is 7.05. The minimum absolute atomic E-state index is 0.176. The third kappa shape index (κ3) is 2.50. The minimum atomic E-state index is -0.176. The van der Waals surface area contributed by atoms with Crippen molar-refractivity contribution in [3.63, 3.8) is 0 Å². The van der Waals surface area contributed by atoms with Gasteiger partial charge in [0, 0.05) is 5.69 Å². The average molecular weight is 345 g/mol. The lowest BCUT2D eigenvalue weighted by Crippen LogP contribution is -2.57. The highest BCUT2D eigenvalue weighted by atomic mass is 16.2. The maximum absolute atomic E-state index is 13.4. The Hall–Kier alpha value is -2.09. The van der Waals surface area contributed by atoms with Crippen molar-refractivity contribution in [2.45, 2.75) is 50.9 Å². The second-order valence-electron chi connectivity index (χ2n) is 9.21. The summed E-state index contributed by atoms with van der Waals surface area (Å²) in [5.74, 6) is 1.68. The van der Waals surface area contributed by atoms with Crippen LogP contribution in [0.4, 0.5) is 5.69 Å². The first-order valence-corrected chi connectivity index (χ1v) is 10.0. The van der Waals surface area contributed by atoms with Crippen molar-refractivity contribution in [2.24, 2.45) is 17.3 Å². The smallest absolute Gasteiger partial charge is 0.230 e. The van der Waals surface area contributed by atoms with Gasteiger partial charge < -0.3 is 5.32 Å². The van der Waals surface area contributed by atoms with E-state index in [-0.39, 0.29) is 16.7 Å². The van der Waals surface area contributed by atoms with Crippen molar-refractivity contribution in [1.29, 1.82) is 0 Å². The van der Waals surface area contributed by atoms with Gasteiger partial charge in [-0.3, -0.25) is 4.79 Å². The van der Waals surface area contributed by atoms with Gasteiger partial charge in [-0.1, -0.05) is 48.0 Å². The van der Waals surface area contributed by atoms with Crippen LogP contribution in [0.25, 0.3) is 0 Å². The molecule has 2 atom stereocenters. The normalized spacial score (nSPS) is 34.7. The van der Waals surface area contributed by atoms with Gasteiger partial charge >= 0.3 is 0 Å². The Kier molecular flexibility index (Phi) is 3.53. The Morgan fingerprint density at radius 3 is 2.23 bits per heavy atom. The first-order valence-electron chi connectivity index (χ1n) is 10.0. The van der Waals surface area contributed by atoms with Crippen LogP contribution in [0.3, 0.4) is 0 Å². The maximum atomic E-state index is 13.4. The van der Waals surface area contributed by atoms with Gasteiger partial charge in [0.05, 0.1) is 5.41 Å². The average Bonchev–Trinajstić information content (AvgIpc) is 2.63. The van der Waals surface area contributed by atoms with E-state index >= 15 is 0 Å². The summed E-state index contributed by atoms with van der Waals surface area (Å²) in [6, 6.07) is 19.2. The molecule has 0 heterocycles. The van der Waals surface area contributed by atoms with E-state index < -0.39 is 0 Å². The predicted octanol–water partition coefficient (Wildman–Crippen LogP) is 5.47. The van der Waals surface area contributed by atoms with E-state index in [1.165, 1.54) is 30.4 Å². The van der Waals surface area contributed by atoms with Crippen molar-refractivity contribution in [1.82, 2.24) is 0 Å². The molecule has 0 aromatic heterocycles. The molecule has 6 rings (SSSR count). The zero-order valence-electron chi connectivity index (χ0n) is 15.5. The molecule has 1 amide bonds. The first kappa shape index (κ1) is 16.1. The van der Waals surface area contributed by atoms with Gasteiger partial charge in [0.1, 0.15) is 0 Å². The first-order chi connectivity index (χ1) is 12.6. The molecule has 2 aromatic carbocycles. The lowest BCUT2D eigenvalue weighted by atomic mass is 9.42. The number of carbonyl (C=O) groups is 1. The number of carbonyl (C=O) groups excluding carboxylic acids is 1. The highest BCUT2D eigenvalue weighted by Gasteiger charge is 2.60. The Morgan fingerprint density at radius 2 is 1.58 bits per heavy atom. The van der Waals surface area contributed by atoms with E-state index in [9.17, 15) is 4.79 Å². The Bertz CT molecular complexity index is 809. The van der Waals surface area contributed by atoms with Crippen LogP contribution in [-0.2, 0) is 10.2 Å². The SMILES string of the molecule is Cc1ccc(NC(=O)C23CC4CC(C2)CC(c2ccccc2)(C4)C3)cc1. The van der Waals surface area contributed by atoms with Crippen LogP contribution in [0.5, 0.6) is 0 Å². The third-order valence-corrected chi connectivity index (χ3v) is 7.24. The zero-order chi connectivity index (χ0) is 17.8. The lowest BCUT2D eigenvalue weighted by molar-refractivity contribution is -0.143. The number of benzene rings is 2. The van der Waals surface area contributed by atoms with E-state index in [1.54, 1.807) is 0 Å². The summed E-state index contributed by atoms with van der Waals surface area (Å²) < 4.78 is 0. The maximum Gasteiger partial charge on any atom is 0.230 e. The molecule has 4 aliphatic rings. The van der Waals surface area contributed by atoms with E-state index in [2.05, 4.69) is 54.7 Å². The van der Waals surface area contributed by atoms with Gasteiger partial charge in [-0.05, 0) is 80.4 Å². The van der Waals surface area contributed by atoms with Crippen molar-refractivity contribution in [2.75, 3.05) is 5.32 Å². The topological polar surface area (TPSA) is 29.1 Å². The summed E-state index contributed by atoms with van der Waals surface area (Å²) in [5.41, 5.74) is 3.66. The molecule has 4 aliphatic carbocycles. The lowest BCUT2D eigenvalue weighted by Gasteiger charge is -2.61. The van der Waals surface area contributed by atoms with Crippen molar-refractivity contribution < 1.29 is 4.79 Å². The van der Waals surface area contributed by atoms with E-state index in [1.807, 2.05) is 12.1 Å². The van der Waals surface area contributed by atoms with E-state index in [0.29, 0.717) is 11.8 Å². The number of anilines is 1. The molecule has 26 heavy (non-hydrogen) atoms. The Balaban J connectivity index is 1.47. The molecule has 2 aromatic rings. The molecule has 0 saturated heterocycles. The van der Waals surface area contributed by atoms with Gasteiger partial charge in [-0.25, -0.2) is 0 Å². The monoisotopic (exact) mass is 345 g/mol. The zero-order valence-corrected chi connectivity index (χ0v) is 15.5. The van der Waals surface area contributed by atoms with Crippen molar-refractivity contribution in [3.8, 4) is 0 Å². The van der Waals surface area contributed by atoms with Crippen LogP contribution >= 0.6 is 0 Å². The molecule has 0 spiro atoms. The van der Waals surface area contributed by atoms with Crippen LogP contribution in [0, 0.1) is 24.2 Å². The Morgan fingerprint density at radius 1 is 0.923 bits per heavy atom. The van der Waals surface area contributed by atoms with E-state index in [0.717, 1.165) is 24.9 Å². The van der Waals surface area contributed by atoms with Gasteiger partial charge in [-0.2, -0.15) is 0 Å². The van der Waals surface area contributed by atoms with Crippen LogP contribution in [-0.4, -0.2) is 5.91 Å². The number of hydrogen-bond donors (Lipinski definition) is 1. The highest BCUT2D eigenvalue weighted by Crippen LogP contribution is 2.65. The van der Waals surface area contributed by atoms with E-state index in [4.69, 9.17) is 0 Å². The number of amides is 1. The number of hydrogen-bond acceptors (Lipinski definition) is 1. The molecular formula is C24H27NO. The predicted molar refractivity (Wildman–Crippen MR) is 105 cm³/mol. The fourth-order valence-electron chi connectivity index (χ4n) is 6.56. The standard InChI is InChI=1S/C24H27NO/c1-17-7-9-21(10-8-17)25-22(26)24-14-18-11-19(15-24)13-23(12-18,16-24)20-5-3-2-4-6-20/h2-10,18-19H,11-16H2,1H3,(H,25,26). The molecule has 4 bridgehead atoms. The van der Waals surface area contributed by atoms with Crippen LogP contribution in [0.1, 0.15) is 49.7 Å². The molecule has 4 saturated carbocycles. The fourth-order valence-corrected chi connectivity index (χ4v) is 6.56. The summed E-state index contributed by atoms with van der Waals surface area (Å²) in [7, 11) is 0. The molecule has 1 N–H and O–H groups in total.